The summed E-state index contributed by atoms with van der Waals surface area (Å²) in [6.45, 7) is 10.1. The topological polar surface area (TPSA) is 72.7 Å². The first-order valence-electron chi connectivity index (χ1n) is 7.48. The predicted molar refractivity (Wildman–Crippen MR) is 84.6 cm³/mol. The maximum absolute atomic E-state index is 12.2. The molecule has 6 nitrogen and oxygen atoms in total. The van der Waals surface area contributed by atoms with E-state index in [4.69, 9.17) is 0 Å². The zero-order valence-corrected chi connectivity index (χ0v) is 13.8. The summed E-state index contributed by atoms with van der Waals surface area (Å²) in [5.74, 6) is 0.715. The lowest BCUT2D eigenvalue weighted by molar-refractivity contribution is -0.124. The highest BCUT2D eigenvalue weighted by molar-refractivity contribution is 5.79. The Morgan fingerprint density at radius 1 is 1.14 bits per heavy atom. The average Bonchev–Trinajstić information content (AvgIpc) is 2.75. The summed E-state index contributed by atoms with van der Waals surface area (Å²) < 4.78 is 1.75. The number of carbonyl (C=O) groups excluding carboxylic acids is 1. The molecule has 2 heterocycles. The highest BCUT2D eigenvalue weighted by atomic mass is 16.2. The van der Waals surface area contributed by atoms with Crippen LogP contribution in [0.4, 0.5) is 0 Å². The SMILES string of the molecule is Cc1cc(C)nc(CCNC(=O)[C@@H](C)n2nc(C)cc2C)n1. The third-order valence-corrected chi connectivity index (χ3v) is 3.47. The molecule has 1 amide bonds. The molecule has 0 saturated carbocycles. The van der Waals surface area contributed by atoms with Gasteiger partial charge in [0, 0.05) is 30.0 Å². The van der Waals surface area contributed by atoms with Gasteiger partial charge in [-0.25, -0.2) is 9.97 Å². The Morgan fingerprint density at radius 2 is 1.77 bits per heavy atom. The van der Waals surface area contributed by atoms with Crippen molar-refractivity contribution in [2.75, 3.05) is 6.54 Å². The van der Waals surface area contributed by atoms with Crippen LogP contribution in [-0.4, -0.2) is 32.2 Å². The van der Waals surface area contributed by atoms with E-state index in [2.05, 4.69) is 20.4 Å². The molecule has 0 spiro atoms. The minimum atomic E-state index is -0.325. The van der Waals surface area contributed by atoms with Gasteiger partial charge in [0.25, 0.3) is 0 Å². The molecule has 0 bridgehead atoms. The van der Waals surface area contributed by atoms with E-state index in [1.165, 1.54) is 0 Å². The van der Waals surface area contributed by atoms with Gasteiger partial charge >= 0.3 is 0 Å². The zero-order valence-electron chi connectivity index (χ0n) is 13.8. The second-order valence-electron chi connectivity index (χ2n) is 5.66. The van der Waals surface area contributed by atoms with Crippen LogP contribution in [0.25, 0.3) is 0 Å². The molecule has 0 unspecified atom stereocenters. The summed E-state index contributed by atoms with van der Waals surface area (Å²) >= 11 is 0. The number of rotatable bonds is 5. The molecule has 1 N–H and O–H groups in total. The van der Waals surface area contributed by atoms with Crippen molar-refractivity contribution < 1.29 is 4.79 Å². The number of hydrogen-bond donors (Lipinski definition) is 1. The van der Waals surface area contributed by atoms with Crippen molar-refractivity contribution in [1.29, 1.82) is 0 Å². The smallest absolute Gasteiger partial charge is 0.244 e. The molecular weight excluding hydrogens is 278 g/mol. The summed E-state index contributed by atoms with van der Waals surface area (Å²) in [6.07, 6.45) is 0.623. The molecule has 0 radical (unpaired) electrons. The van der Waals surface area contributed by atoms with Crippen molar-refractivity contribution in [2.24, 2.45) is 0 Å². The number of carbonyl (C=O) groups is 1. The van der Waals surface area contributed by atoms with E-state index in [0.29, 0.717) is 13.0 Å². The molecule has 1 atom stereocenters. The summed E-state index contributed by atoms with van der Waals surface area (Å²) in [7, 11) is 0. The van der Waals surface area contributed by atoms with Crippen LogP contribution in [-0.2, 0) is 11.2 Å². The Morgan fingerprint density at radius 3 is 2.32 bits per heavy atom. The fourth-order valence-electron chi connectivity index (χ4n) is 2.51. The largest absolute Gasteiger partial charge is 0.354 e. The molecule has 0 aliphatic rings. The minimum absolute atomic E-state index is 0.0458. The van der Waals surface area contributed by atoms with Crippen molar-refractivity contribution in [3.63, 3.8) is 0 Å². The number of hydrogen-bond acceptors (Lipinski definition) is 4. The van der Waals surface area contributed by atoms with Crippen LogP contribution in [0.15, 0.2) is 12.1 Å². The number of nitrogens with one attached hydrogen (secondary N) is 1. The Labute approximate surface area is 131 Å². The van der Waals surface area contributed by atoms with Crippen molar-refractivity contribution in [3.05, 3.63) is 40.7 Å². The van der Waals surface area contributed by atoms with Gasteiger partial charge in [0.15, 0.2) is 0 Å². The molecule has 2 rings (SSSR count). The molecule has 6 heteroatoms. The maximum Gasteiger partial charge on any atom is 0.244 e. The van der Waals surface area contributed by atoms with Crippen molar-refractivity contribution in [2.45, 2.75) is 47.1 Å². The second-order valence-corrected chi connectivity index (χ2v) is 5.66. The lowest BCUT2D eigenvalue weighted by Crippen LogP contribution is -2.33. The summed E-state index contributed by atoms with van der Waals surface area (Å²) in [5, 5.41) is 7.28. The third kappa shape index (κ3) is 3.90. The van der Waals surface area contributed by atoms with E-state index < -0.39 is 0 Å². The fraction of sp³-hybridized carbons (Fsp3) is 0.500. The first-order chi connectivity index (χ1) is 10.4. The Kier molecular flexibility index (Phi) is 4.90. The lowest BCUT2D eigenvalue weighted by atomic mass is 10.3. The average molecular weight is 301 g/mol. The normalized spacial score (nSPS) is 12.2. The molecular formula is C16H23N5O. The van der Waals surface area contributed by atoms with E-state index in [1.807, 2.05) is 46.8 Å². The zero-order chi connectivity index (χ0) is 16.3. The van der Waals surface area contributed by atoms with E-state index in [-0.39, 0.29) is 11.9 Å². The highest BCUT2D eigenvalue weighted by Gasteiger charge is 2.17. The first kappa shape index (κ1) is 16.1. The molecule has 22 heavy (non-hydrogen) atoms. The monoisotopic (exact) mass is 301 g/mol. The van der Waals surface area contributed by atoms with Gasteiger partial charge in [-0.15, -0.1) is 0 Å². The van der Waals surface area contributed by atoms with Crippen molar-refractivity contribution in [3.8, 4) is 0 Å². The van der Waals surface area contributed by atoms with Gasteiger partial charge in [0.05, 0.1) is 5.69 Å². The van der Waals surface area contributed by atoms with Crippen LogP contribution in [0.3, 0.4) is 0 Å². The lowest BCUT2D eigenvalue weighted by Gasteiger charge is -2.14. The number of aryl methyl sites for hydroxylation is 4. The molecule has 2 aromatic rings. The summed E-state index contributed by atoms with van der Waals surface area (Å²) in [6, 6.07) is 3.58. The fourth-order valence-corrected chi connectivity index (χ4v) is 2.51. The standard InChI is InChI=1S/C16H23N5O/c1-10-8-11(2)19-15(18-10)6-7-17-16(22)14(5)21-13(4)9-12(3)20-21/h8-9,14H,6-7H2,1-5H3,(H,17,22)/t14-/m1/s1. The van der Waals surface area contributed by atoms with E-state index in [1.54, 1.807) is 4.68 Å². The minimum Gasteiger partial charge on any atom is -0.354 e. The van der Waals surface area contributed by atoms with Gasteiger partial charge in [-0.3, -0.25) is 9.48 Å². The molecule has 0 aliphatic carbocycles. The number of nitrogens with zero attached hydrogens (tertiary/aromatic N) is 4. The first-order valence-corrected chi connectivity index (χ1v) is 7.48. The number of amides is 1. The molecule has 0 aliphatic heterocycles. The second kappa shape index (κ2) is 6.68. The van der Waals surface area contributed by atoms with Crippen LogP contribution in [0.5, 0.6) is 0 Å². The van der Waals surface area contributed by atoms with Gasteiger partial charge in [0.2, 0.25) is 5.91 Å². The van der Waals surface area contributed by atoms with Crippen LogP contribution >= 0.6 is 0 Å². The van der Waals surface area contributed by atoms with Crippen LogP contribution in [0.2, 0.25) is 0 Å². The highest BCUT2D eigenvalue weighted by Crippen LogP contribution is 2.10. The van der Waals surface area contributed by atoms with Crippen molar-refractivity contribution in [1.82, 2.24) is 25.1 Å². The molecule has 2 aromatic heterocycles. The predicted octanol–water partition coefficient (Wildman–Crippen LogP) is 1.83. The van der Waals surface area contributed by atoms with Crippen LogP contribution in [0, 0.1) is 27.7 Å². The number of aromatic nitrogens is 4. The van der Waals surface area contributed by atoms with Crippen LogP contribution < -0.4 is 5.32 Å². The third-order valence-electron chi connectivity index (χ3n) is 3.47. The van der Waals surface area contributed by atoms with Gasteiger partial charge in [-0.1, -0.05) is 0 Å². The van der Waals surface area contributed by atoms with Gasteiger partial charge in [0.1, 0.15) is 11.9 Å². The molecule has 0 saturated heterocycles. The quantitative estimate of drug-likeness (QED) is 0.914. The van der Waals surface area contributed by atoms with Gasteiger partial charge in [-0.2, -0.15) is 5.10 Å². The molecule has 0 fully saturated rings. The molecule has 118 valence electrons. The summed E-state index contributed by atoms with van der Waals surface area (Å²) in [5.41, 5.74) is 3.80. The Balaban J connectivity index is 1.91. The van der Waals surface area contributed by atoms with Gasteiger partial charge < -0.3 is 5.32 Å². The van der Waals surface area contributed by atoms with Crippen LogP contribution in [0.1, 0.15) is 41.6 Å². The molecule has 0 aromatic carbocycles. The Bertz CT molecular complexity index is 657. The summed E-state index contributed by atoms with van der Waals surface area (Å²) in [4.78, 5) is 21.0. The van der Waals surface area contributed by atoms with Gasteiger partial charge in [-0.05, 0) is 46.8 Å². The van der Waals surface area contributed by atoms with E-state index >= 15 is 0 Å². The van der Waals surface area contributed by atoms with E-state index in [0.717, 1.165) is 28.6 Å². The van der Waals surface area contributed by atoms with Crippen molar-refractivity contribution >= 4 is 5.91 Å². The maximum atomic E-state index is 12.2. The Hall–Kier alpha value is -2.24. The van der Waals surface area contributed by atoms with E-state index in [9.17, 15) is 4.79 Å².